The van der Waals surface area contributed by atoms with Gasteiger partial charge in [-0.2, -0.15) is 0 Å². The summed E-state index contributed by atoms with van der Waals surface area (Å²) < 4.78 is 33.9. The SMILES string of the molecule is CCNC(=O)[C@H](C)N(Cc1ccccc1)C(=O)CN(c1ccc(OC)cc1)S(=O)(=O)c1ccc(C)c([N+](=O)[O-])c1. The van der Waals surface area contributed by atoms with Gasteiger partial charge in [0.15, 0.2) is 0 Å². The van der Waals surface area contributed by atoms with Crippen LogP contribution in [0, 0.1) is 17.0 Å². The van der Waals surface area contributed by atoms with E-state index < -0.39 is 33.4 Å². The molecule has 40 heavy (non-hydrogen) atoms. The first-order valence-corrected chi connectivity index (χ1v) is 14.0. The zero-order chi connectivity index (χ0) is 29.4. The number of nitro benzene ring substituents is 1. The highest BCUT2D eigenvalue weighted by atomic mass is 32.2. The third-order valence-corrected chi connectivity index (χ3v) is 8.09. The predicted molar refractivity (Wildman–Crippen MR) is 150 cm³/mol. The molecule has 0 aliphatic heterocycles. The van der Waals surface area contributed by atoms with Gasteiger partial charge in [-0.25, -0.2) is 8.42 Å². The Morgan fingerprint density at radius 2 is 1.70 bits per heavy atom. The zero-order valence-electron chi connectivity index (χ0n) is 22.7. The van der Waals surface area contributed by atoms with E-state index in [0.717, 1.165) is 15.9 Å². The first-order valence-electron chi connectivity index (χ1n) is 12.5. The Kier molecular flexibility index (Phi) is 9.83. The molecule has 12 heteroatoms. The van der Waals surface area contributed by atoms with Gasteiger partial charge in [0.05, 0.1) is 22.6 Å². The van der Waals surface area contributed by atoms with Crippen LogP contribution in [0.25, 0.3) is 0 Å². The number of sulfonamides is 1. The molecular formula is C28H32N4O7S. The summed E-state index contributed by atoms with van der Waals surface area (Å²) in [4.78, 5) is 38.4. The van der Waals surface area contributed by atoms with Gasteiger partial charge in [0.25, 0.3) is 15.7 Å². The predicted octanol–water partition coefficient (Wildman–Crippen LogP) is 3.66. The lowest BCUT2D eigenvalue weighted by molar-refractivity contribution is -0.385. The van der Waals surface area contributed by atoms with Crippen LogP contribution < -0.4 is 14.4 Å². The monoisotopic (exact) mass is 568 g/mol. The number of nitrogens with zero attached hydrogens (tertiary/aromatic N) is 3. The average Bonchev–Trinajstić information content (AvgIpc) is 2.94. The Morgan fingerprint density at radius 3 is 2.27 bits per heavy atom. The zero-order valence-corrected chi connectivity index (χ0v) is 23.6. The number of ether oxygens (including phenoxy) is 1. The Hall–Kier alpha value is -4.45. The van der Waals surface area contributed by atoms with Gasteiger partial charge in [-0.3, -0.25) is 24.0 Å². The molecule has 0 unspecified atom stereocenters. The van der Waals surface area contributed by atoms with E-state index in [2.05, 4.69) is 5.32 Å². The van der Waals surface area contributed by atoms with Crippen molar-refractivity contribution < 1.29 is 27.7 Å². The molecule has 3 rings (SSSR count). The van der Waals surface area contributed by atoms with Crippen LogP contribution in [0.15, 0.2) is 77.7 Å². The van der Waals surface area contributed by atoms with Gasteiger partial charge in [-0.05, 0) is 56.7 Å². The fourth-order valence-electron chi connectivity index (χ4n) is 4.04. The lowest BCUT2D eigenvalue weighted by Gasteiger charge is -2.32. The van der Waals surface area contributed by atoms with Crippen LogP contribution in [0.2, 0.25) is 0 Å². The quantitative estimate of drug-likeness (QED) is 0.260. The molecule has 0 aromatic heterocycles. The topological polar surface area (TPSA) is 139 Å². The minimum Gasteiger partial charge on any atom is -0.497 e. The minimum atomic E-state index is -4.46. The number of likely N-dealkylation sites (N-methyl/N-ethyl adjacent to an activating group) is 1. The fraction of sp³-hybridized carbons (Fsp3) is 0.286. The summed E-state index contributed by atoms with van der Waals surface area (Å²) in [6.07, 6.45) is 0. The number of carbonyl (C=O) groups is 2. The van der Waals surface area contributed by atoms with E-state index in [9.17, 15) is 28.1 Å². The summed E-state index contributed by atoms with van der Waals surface area (Å²) in [7, 11) is -3.00. The van der Waals surface area contributed by atoms with Crippen molar-refractivity contribution in [3.05, 3.63) is 94.0 Å². The Balaban J connectivity index is 2.08. The maximum Gasteiger partial charge on any atom is 0.273 e. The van der Waals surface area contributed by atoms with Crippen molar-refractivity contribution in [2.75, 3.05) is 24.5 Å². The highest BCUT2D eigenvalue weighted by Crippen LogP contribution is 2.29. The van der Waals surface area contributed by atoms with Crippen LogP contribution in [-0.2, 0) is 26.2 Å². The molecule has 1 N–H and O–H groups in total. The molecule has 0 heterocycles. The van der Waals surface area contributed by atoms with Crippen LogP contribution in [0.4, 0.5) is 11.4 Å². The molecule has 2 amide bonds. The first-order chi connectivity index (χ1) is 19.0. The Labute approximate surface area is 233 Å². The van der Waals surface area contributed by atoms with Gasteiger partial charge in [-0.1, -0.05) is 36.4 Å². The van der Waals surface area contributed by atoms with Gasteiger partial charge in [0, 0.05) is 24.7 Å². The molecule has 212 valence electrons. The summed E-state index contributed by atoms with van der Waals surface area (Å²) in [6, 6.07) is 17.7. The van der Waals surface area contributed by atoms with Gasteiger partial charge in [0.1, 0.15) is 18.3 Å². The number of nitrogens with one attached hydrogen (secondary N) is 1. The lowest BCUT2D eigenvalue weighted by Crippen LogP contribution is -2.51. The molecule has 0 spiro atoms. The highest BCUT2D eigenvalue weighted by Gasteiger charge is 2.33. The number of hydrogen-bond donors (Lipinski definition) is 1. The molecule has 11 nitrogen and oxygen atoms in total. The number of rotatable bonds is 12. The number of benzene rings is 3. The molecule has 3 aromatic rings. The van der Waals surface area contributed by atoms with Crippen LogP contribution in [0.3, 0.4) is 0 Å². The van der Waals surface area contributed by atoms with Crippen molar-refractivity contribution >= 4 is 33.2 Å². The van der Waals surface area contributed by atoms with Crippen LogP contribution in [-0.4, -0.2) is 56.3 Å². The third kappa shape index (κ3) is 6.94. The molecule has 0 bridgehead atoms. The largest absolute Gasteiger partial charge is 0.497 e. The van der Waals surface area contributed by atoms with E-state index in [1.54, 1.807) is 50.2 Å². The van der Waals surface area contributed by atoms with Crippen LogP contribution >= 0.6 is 0 Å². The van der Waals surface area contributed by atoms with E-state index in [0.29, 0.717) is 17.9 Å². The van der Waals surface area contributed by atoms with Gasteiger partial charge in [-0.15, -0.1) is 0 Å². The number of aryl methyl sites for hydroxylation is 1. The van der Waals surface area contributed by atoms with E-state index >= 15 is 0 Å². The summed E-state index contributed by atoms with van der Waals surface area (Å²) in [5.41, 5.74) is 0.821. The van der Waals surface area contributed by atoms with E-state index in [1.165, 1.54) is 43.2 Å². The smallest absolute Gasteiger partial charge is 0.273 e. The molecule has 0 fully saturated rings. The van der Waals surface area contributed by atoms with Crippen molar-refractivity contribution in [2.45, 2.75) is 38.3 Å². The normalized spacial score (nSPS) is 11.8. The lowest BCUT2D eigenvalue weighted by atomic mass is 10.1. The first kappa shape index (κ1) is 30.1. The summed E-state index contributed by atoms with van der Waals surface area (Å²) in [5, 5.41) is 14.2. The number of carbonyl (C=O) groups excluding carboxylic acids is 2. The molecular weight excluding hydrogens is 536 g/mol. The molecule has 0 aliphatic rings. The van der Waals surface area contributed by atoms with Crippen molar-refractivity contribution in [1.29, 1.82) is 0 Å². The number of nitro groups is 1. The van der Waals surface area contributed by atoms with Crippen molar-refractivity contribution in [3.8, 4) is 5.75 Å². The van der Waals surface area contributed by atoms with Crippen LogP contribution in [0.5, 0.6) is 5.75 Å². The summed E-state index contributed by atoms with van der Waals surface area (Å²) >= 11 is 0. The summed E-state index contributed by atoms with van der Waals surface area (Å²) in [6.45, 7) is 4.59. The maximum atomic E-state index is 13.9. The molecule has 1 atom stereocenters. The maximum absolute atomic E-state index is 13.9. The molecule has 0 saturated carbocycles. The van der Waals surface area contributed by atoms with Crippen molar-refractivity contribution in [1.82, 2.24) is 10.2 Å². The number of methoxy groups -OCH3 is 1. The van der Waals surface area contributed by atoms with Gasteiger partial charge >= 0.3 is 0 Å². The van der Waals surface area contributed by atoms with E-state index in [4.69, 9.17) is 4.74 Å². The average molecular weight is 569 g/mol. The van der Waals surface area contributed by atoms with Gasteiger partial charge in [0.2, 0.25) is 11.8 Å². The second-order valence-electron chi connectivity index (χ2n) is 8.99. The van der Waals surface area contributed by atoms with Gasteiger partial charge < -0.3 is 15.0 Å². The van der Waals surface area contributed by atoms with E-state index in [1.807, 2.05) is 6.07 Å². The fourth-order valence-corrected chi connectivity index (χ4v) is 5.47. The second kappa shape index (κ2) is 13.1. The molecule has 0 radical (unpaired) electrons. The number of amides is 2. The second-order valence-corrected chi connectivity index (χ2v) is 10.9. The number of hydrogen-bond acceptors (Lipinski definition) is 7. The third-order valence-electron chi connectivity index (χ3n) is 6.32. The van der Waals surface area contributed by atoms with Crippen molar-refractivity contribution in [2.24, 2.45) is 0 Å². The van der Waals surface area contributed by atoms with Crippen molar-refractivity contribution in [3.63, 3.8) is 0 Å². The summed E-state index contributed by atoms with van der Waals surface area (Å²) in [5.74, 6) is -0.558. The minimum absolute atomic E-state index is 0.0600. The Bertz CT molecular complexity index is 1460. The molecule has 0 aliphatic carbocycles. The Morgan fingerprint density at radius 1 is 1.05 bits per heavy atom. The standard InChI is InChI=1S/C28H32N4O7S/c1-5-29-28(34)21(3)30(18-22-9-7-6-8-10-22)27(33)19-31(23-12-14-24(39-4)15-13-23)40(37,38)25-16-11-20(2)26(17-25)32(35)36/h6-17,21H,5,18-19H2,1-4H3,(H,29,34)/t21-/m0/s1. The van der Waals surface area contributed by atoms with Crippen LogP contribution in [0.1, 0.15) is 25.0 Å². The molecule has 0 saturated heterocycles. The van der Waals surface area contributed by atoms with E-state index in [-0.39, 0.29) is 28.7 Å². The molecule has 3 aromatic carbocycles. The number of anilines is 1. The highest BCUT2D eigenvalue weighted by molar-refractivity contribution is 7.92.